The molecule has 0 atom stereocenters. The third-order valence-electron chi connectivity index (χ3n) is 2.46. The van der Waals surface area contributed by atoms with Crippen molar-refractivity contribution in [3.05, 3.63) is 21.1 Å². The van der Waals surface area contributed by atoms with Gasteiger partial charge in [0.25, 0.3) is 11.5 Å². The Morgan fingerprint density at radius 3 is 2.89 bits per heavy atom. The number of H-pyrrole nitrogens is 1. The van der Waals surface area contributed by atoms with Gasteiger partial charge < -0.3 is 10.3 Å². The van der Waals surface area contributed by atoms with Gasteiger partial charge in [-0.15, -0.1) is 23.1 Å². The first-order valence-electron chi connectivity index (χ1n) is 5.11. The van der Waals surface area contributed by atoms with Crippen LogP contribution < -0.4 is 10.9 Å². The Morgan fingerprint density at radius 1 is 1.33 bits per heavy atom. The molecule has 0 fully saturated rings. The maximum absolute atomic E-state index is 11.8. The minimum atomic E-state index is -0.168. The monoisotopic (exact) mass is 283 g/mol. The predicted octanol–water partition coefficient (Wildman–Crippen LogP) is 1.76. The van der Waals surface area contributed by atoms with Gasteiger partial charge in [0.2, 0.25) is 0 Å². The number of thioether (sulfide) groups is 1. The van der Waals surface area contributed by atoms with E-state index in [4.69, 9.17) is 0 Å². The number of aromatic amines is 1. The van der Waals surface area contributed by atoms with Crippen molar-refractivity contribution >= 4 is 39.2 Å². The highest BCUT2D eigenvalue weighted by Crippen LogP contribution is 2.36. The topological polar surface area (TPSA) is 74.8 Å². The van der Waals surface area contributed by atoms with Crippen LogP contribution in [0.3, 0.4) is 0 Å². The average molecular weight is 283 g/mol. The van der Waals surface area contributed by atoms with E-state index in [1.165, 1.54) is 11.3 Å². The molecule has 96 valence electrons. The Labute approximate surface area is 112 Å². The van der Waals surface area contributed by atoms with Crippen molar-refractivity contribution in [1.82, 2.24) is 15.3 Å². The minimum absolute atomic E-state index is 0. The van der Waals surface area contributed by atoms with Crippen LogP contribution in [0.1, 0.15) is 22.9 Å². The van der Waals surface area contributed by atoms with Crippen LogP contribution in [-0.4, -0.2) is 28.2 Å². The van der Waals surface area contributed by atoms with Crippen LogP contribution >= 0.6 is 23.1 Å². The lowest BCUT2D eigenvalue weighted by molar-refractivity contribution is 0.0959. The number of hydrogen-bond acceptors (Lipinski definition) is 5. The molecule has 1 aliphatic rings. The lowest BCUT2D eigenvalue weighted by Crippen LogP contribution is -2.23. The zero-order valence-corrected chi connectivity index (χ0v) is 10.6. The van der Waals surface area contributed by atoms with E-state index in [0.717, 1.165) is 10.6 Å². The average Bonchev–Trinajstić information content (AvgIpc) is 2.53. The van der Waals surface area contributed by atoms with Crippen LogP contribution in [0.4, 0.5) is 0 Å². The molecule has 18 heavy (non-hydrogen) atoms. The summed E-state index contributed by atoms with van der Waals surface area (Å²) in [5, 5.41) is 2.81. The second kappa shape index (κ2) is 4.74. The van der Waals surface area contributed by atoms with E-state index in [-0.39, 0.29) is 18.9 Å². The SMILES string of the molecule is C.Cc1nc2c3c(sc2c(=O)[nH]1)C(=O)NCCS3. The number of carbonyl (C=O) groups is 1. The fourth-order valence-corrected chi connectivity index (χ4v) is 3.99. The summed E-state index contributed by atoms with van der Waals surface area (Å²) in [5.41, 5.74) is 0.493. The zero-order chi connectivity index (χ0) is 12.0. The van der Waals surface area contributed by atoms with Crippen molar-refractivity contribution in [3.8, 4) is 0 Å². The molecule has 0 bridgehead atoms. The lowest BCUT2D eigenvalue weighted by Gasteiger charge is -1.97. The second-order valence-corrected chi connectivity index (χ2v) is 5.82. The smallest absolute Gasteiger partial charge is 0.268 e. The summed E-state index contributed by atoms with van der Waals surface area (Å²) in [6, 6.07) is 0. The van der Waals surface area contributed by atoms with E-state index >= 15 is 0 Å². The normalized spacial score (nSPS) is 14.6. The summed E-state index contributed by atoms with van der Waals surface area (Å²) in [5.74, 6) is 1.27. The molecule has 1 aliphatic heterocycles. The Bertz CT molecular complexity index is 675. The number of amides is 1. The zero-order valence-electron chi connectivity index (χ0n) is 8.99. The van der Waals surface area contributed by atoms with Crippen molar-refractivity contribution in [2.45, 2.75) is 19.2 Å². The van der Waals surface area contributed by atoms with E-state index in [1.54, 1.807) is 18.7 Å². The minimum Gasteiger partial charge on any atom is -0.350 e. The molecule has 5 nitrogen and oxygen atoms in total. The number of aromatic nitrogens is 2. The number of aryl methyl sites for hydroxylation is 1. The Balaban J connectivity index is 0.00000120. The second-order valence-electron chi connectivity index (χ2n) is 3.69. The quantitative estimate of drug-likeness (QED) is 0.772. The molecule has 0 aliphatic carbocycles. The fourth-order valence-electron chi connectivity index (χ4n) is 1.76. The van der Waals surface area contributed by atoms with E-state index in [9.17, 15) is 9.59 Å². The van der Waals surface area contributed by atoms with Gasteiger partial charge in [0.05, 0.1) is 4.90 Å². The van der Waals surface area contributed by atoms with Crippen LogP contribution in [0.15, 0.2) is 9.69 Å². The summed E-state index contributed by atoms with van der Waals surface area (Å²) in [6.07, 6.45) is 0. The molecule has 0 radical (unpaired) electrons. The van der Waals surface area contributed by atoms with Crippen molar-refractivity contribution in [2.75, 3.05) is 12.3 Å². The molecule has 1 amide bonds. The van der Waals surface area contributed by atoms with Crippen LogP contribution in [0, 0.1) is 6.92 Å². The number of carbonyl (C=O) groups excluding carboxylic acids is 1. The van der Waals surface area contributed by atoms with Crippen molar-refractivity contribution in [2.24, 2.45) is 0 Å². The Kier molecular flexibility index (Phi) is 3.45. The maximum Gasteiger partial charge on any atom is 0.268 e. The lowest BCUT2D eigenvalue weighted by atomic mass is 10.4. The van der Waals surface area contributed by atoms with Gasteiger partial charge in [-0.05, 0) is 6.92 Å². The summed E-state index contributed by atoms with van der Waals surface area (Å²) in [4.78, 5) is 32.0. The molecule has 2 N–H and O–H groups in total. The van der Waals surface area contributed by atoms with E-state index in [1.807, 2.05) is 0 Å². The maximum atomic E-state index is 11.8. The van der Waals surface area contributed by atoms with E-state index in [0.29, 0.717) is 27.5 Å². The van der Waals surface area contributed by atoms with Crippen molar-refractivity contribution in [1.29, 1.82) is 0 Å². The summed E-state index contributed by atoms with van der Waals surface area (Å²) >= 11 is 2.80. The van der Waals surface area contributed by atoms with Crippen LogP contribution in [-0.2, 0) is 0 Å². The molecule has 0 saturated carbocycles. The number of nitrogens with one attached hydrogen (secondary N) is 2. The van der Waals surface area contributed by atoms with Crippen LogP contribution in [0.5, 0.6) is 0 Å². The third-order valence-corrected chi connectivity index (χ3v) is 4.86. The predicted molar refractivity (Wildman–Crippen MR) is 74.8 cm³/mol. The first-order valence-corrected chi connectivity index (χ1v) is 6.91. The summed E-state index contributed by atoms with van der Waals surface area (Å²) < 4.78 is 0.533. The highest BCUT2D eigenvalue weighted by molar-refractivity contribution is 7.99. The molecule has 3 rings (SSSR count). The molecule has 0 saturated heterocycles. The Morgan fingerprint density at radius 2 is 2.11 bits per heavy atom. The van der Waals surface area contributed by atoms with Gasteiger partial charge >= 0.3 is 0 Å². The van der Waals surface area contributed by atoms with Gasteiger partial charge in [-0.2, -0.15) is 0 Å². The molecule has 0 aromatic carbocycles. The molecule has 0 spiro atoms. The van der Waals surface area contributed by atoms with Gasteiger partial charge in [-0.25, -0.2) is 4.98 Å². The molecule has 2 aromatic rings. The van der Waals surface area contributed by atoms with Gasteiger partial charge in [-0.1, -0.05) is 7.43 Å². The number of fused-ring (bicyclic) bond motifs is 3. The van der Waals surface area contributed by atoms with E-state index in [2.05, 4.69) is 15.3 Å². The number of thiophene rings is 1. The van der Waals surface area contributed by atoms with Gasteiger partial charge in [0, 0.05) is 12.3 Å². The number of nitrogens with zero attached hydrogens (tertiary/aromatic N) is 1. The third kappa shape index (κ3) is 1.93. The van der Waals surface area contributed by atoms with Crippen molar-refractivity contribution < 1.29 is 4.79 Å². The highest BCUT2D eigenvalue weighted by atomic mass is 32.2. The molecule has 3 heterocycles. The number of hydrogen-bond donors (Lipinski definition) is 2. The van der Waals surface area contributed by atoms with E-state index < -0.39 is 0 Å². The summed E-state index contributed by atoms with van der Waals surface area (Å²) in [6.45, 7) is 2.39. The largest absolute Gasteiger partial charge is 0.350 e. The Hall–Kier alpha value is -1.34. The van der Waals surface area contributed by atoms with Gasteiger partial charge in [-0.3, -0.25) is 9.59 Å². The molecular weight excluding hydrogens is 270 g/mol. The van der Waals surface area contributed by atoms with Crippen LogP contribution in [0.2, 0.25) is 0 Å². The molecule has 7 heteroatoms. The molecular formula is C11H13N3O2S2. The first-order chi connectivity index (χ1) is 8.16. The van der Waals surface area contributed by atoms with Crippen LogP contribution in [0.25, 0.3) is 10.2 Å². The molecule has 2 aromatic heterocycles. The summed E-state index contributed by atoms with van der Waals surface area (Å²) in [7, 11) is 0. The highest BCUT2D eigenvalue weighted by Gasteiger charge is 2.23. The fraction of sp³-hybridized carbons (Fsp3) is 0.364. The van der Waals surface area contributed by atoms with Gasteiger partial charge in [0.15, 0.2) is 0 Å². The van der Waals surface area contributed by atoms with Crippen molar-refractivity contribution in [3.63, 3.8) is 0 Å². The molecule has 0 unspecified atom stereocenters. The van der Waals surface area contributed by atoms with Gasteiger partial charge in [0.1, 0.15) is 20.9 Å². The first kappa shape index (κ1) is 13.1. The standard InChI is InChI=1S/C10H9N3O2S2.CH4/c1-4-12-5-6-8(9(14)11-2-3-16-6)17-7(5)10(15)13-4;/h2-3H2,1H3,(H,11,14)(H,12,13,15);1H4. The number of rotatable bonds is 0.